The van der Waals surface area contributed by atoms with Crippen molar-refractivity contribution in [2.75, 3.05) is 24.7 Å². The molecule has 0 saturated heterocycles. The highest BCUT2D eigenvalue weighted by molar-refractivity contribution is 7.91. The summed E-state index contributed by atoms with van der Waals surface area (Å²) in [6, 6.07) is 10.9. The van der Waals surface area contributed by atoms with Crippen molar-refractivity contribution in [1.29, 1.82) is 0 Å². The van der Waals surface area contributed by atoms with Gasteiger partial charge in [0.2, 0.25) is 0 Å². The second-order valence-electron chi connectivity index (χ2n) is 5.36. The van der Waals surface area contributed by atoms with E-state index < -0.39 is 19.7 Å². The van der Waals surface area contributed by atoms with Gasteiger partial charge in [0.1, 0.15) is 24.7 Å². The number of nitro groups is 2. The van der Waals surface area contributed by atoms with Crippen LogP contribution in [0.3, 0.4) is 0 Å². The van der Waals surface area contributed by atoms with Crippen LogP contribution in [-0.2, 0) is 9.84 Å². The Morgan fingerprint density at radius 1 is 0.778 bits per heavy atom. The number of nitrogens with zero attached hydrogens (tertiary/aromatic N) is 2. The summed E-state index contributed by atoms with van der Waals surface area (Å²) in [7, 11) is -3.49. The van der Waals surface area contributed by atoms with E-state index in [1.54, 1.807) is 0 Å². The second-order valence-corrected chi connectivity index (χ2v) is 7.66. The molecule has 11 heteroatoms. The number of sulfone groups is 1. The summed E-state index contributed by atoms with van der Waals surface area (Å²) in [4.78, 5) is 20.2. The maximum Gasteiger partial charge on any atom is 0.273 e. The van der Waals surface area contributed by atoms with Gasteiger partial charge in [-0.05, 0) is 12.1 Å². The molecule has 0 spiro atoms. The average molecular weight is 396 g/mol. The number of hydrogen-bond donors (Lipinski definition) is 0. The van der Waals surface area contributed by atoms with Crippen molar-refractivity contribution >= 4 is 21.2 Å². The molecule has 0 atom stereocenters. The Kier molecular flexibility index (Phi) is 6.66. The first kappa shape index (κ1) is 20.1. The molecule has 0 radical (unpaired) electrons. The molecular formula is C16H16N2O8S. The van der Waals surface area contributed by atoms with Gasteiger partial charge in [0.25, 0.3) is 11.4 Å². The first-order valence-electron chi connectivity index (χ1n) is 7.72. The monoisotopic (exact) mass is 396 g/mol. The van der Waals surface area contributed by atoms with Gasteiger partial charge in [-0.25, -0.2) is 8.42 Å². The Morgan fingerprint density at radius 3 is 1.56 bits per heavy atom. The van der Waals surface area contributed by atoms with Crippen LogP contribution in [0.4, 0.5) is 11.4 Å². The lowest BCUT2D eigenvalue weighted by atomic mass is 10.3. The van der Waals surface area contributed by atoms with E-state index in [9.17, 15) is 28.6 Å². The molecule has 27 heavy (non-hydrogen) atoms. The summed E-state index contributed by atoms with van der Waals surface area (Å²) < 4.78 is 34.4. The molecule has 0 aromatic heterocycles. The molecule has 0 aliphatic rings. The number of nitro benzene ring substituents is 2. The van der Waals surface area contributed by atoms with Crippen LogP contribution in [-0.4, -0.2) is 43.0 Å². The van der Waals surface area contributed by atoms with E-state index in [1.165, 1.54) is 48.5 Å². The van der Waals surface area contributed by atoms with Gasteiger partial charge in [0.15, 0.2) is 9.84 Å². The van der Waals surface area contributed by atoms with Crippen molar-refractivity contribution in [2.45, 2.75) is 0 Å². The van der Waals surface area contributed by atoms with Crippen LogP contribution >= 0.6 is 0 Å². The predicted molar refractivity (Wildman–Crippen MR) is 95.8 cm³/mol. The molecule has 0 fully saturated rings. The van der Waals surface area contributed by atoms with E-state index in [2.05, 4.69) is 0 Å². The van der Waals surface area contributed by atoms with E-state index in [1.807, 2.05) is 0 Å². The Hall–Kier alpha value is -3.21. The summed E-state index contributed by atoms with van der Waals surface area (Å²) in [5, 5.41) is 21.4. The van der Waals surface area contributed by atoms with Crippen molar-refractivity contribution in [3.8, 4) is 11.5 Å². The van der Waals surface area contributed by atoms with Gasteiger partial charge in [0, 0.05) is 12.1 Å². The van der Waals surface area contributed by atoms with Crippen LogP contribution < -0.4 is 9.47 Å². The molecule has 2 aromatic rings. The third-order valence-electron chi connectivity index (χ3n) is 3.38. The molecule has 0 aliphatic heterocycles. The Balaban J connectivity index is 1.80. The predicted octanol–water partition coefficient (Wildman–Crippen LogP) is 2.38. The summed E-state index contributed by atoms with van der Waals surface area (Å²) in [5.41, 5.74) is -0.304. The molecule has 0 aliphatic carbocycles. The fraction of sp³-hybridized carbons (Fsp3) is 0.250. The number of ether oxygens (including phenoxy) is 2. The number of rotatable bonds is 10. The van der Waals surface area contributed by atoms with Gasteiger partial charge < -0.3 is 9.47 Å². The molecule has 0 saturated carbocycles. The number of benzene rings is 2. The van der Waals surface area contributed by atoms with Gasteiger partial charge in [-0.1, -0.05) is 12.1 Å². The van der Waals surface area contributed by atoms with E-state index in [4.69, 9.17) is 9.47 Å². The van der Waals surface area contributed by atoms with Crippen molar-refractivity contribution in [2.24, 2.45) is 0 Å². The van der Waals surface area contributed by atoms with Crippen molar-refractivity contribution in [1.82, 2.24) is 0 Å². The maximum absolute atomic E-state index is 12.0. The Morgan fingerprint density at radius 2 is 1.19 bits per heavy atom. The molecule has 144 valence electrons. The minimum atomic E-state index is -3.49. The average Bonchev–Trinajstić information content (AvgIpc) is 2.62. The topological polar surface area (TPSA) is 139 Å². The number of non-ortho nitro benzene ring substituents is 2. The quantitative estimate of drug-likeness (QED) is 0.440. The molecule has 10 nitrogen and oxygen atoms in total. The fourth-order valence-electron chi connectivity index (χ4n) is 2.05. The zero-order chi connectivity index (χ0) is 19.9. The summed E-state index contributed by atoms with van der Waals surface area (Å²) in [6.07, 6.45) is 0. The van der Waals surface area contributed by atoms with Crippen LogP contribution in [0.5, 0.6) is 11.5 Å². The zero-order valence-corrected chi connectivity index (χ0v) is 14.8. The first-order chi connectivity index (χ1) is 12.8. The van der Waals surface area contributed by atoms with Crippen LogP contribution in [0.15, 0.2) is 48.5 Å². The van der Waals surface area contributed by atoms with Gasteiger partial charge in [-0.15, -0.1) is 0 Å². The lowest BCUT2D eigenvalue weighted by Gasteiger charge is -2.08. The van der Waals surface area contributed by atoms with Crippen LogP contribution in [0.1, 0.15) is 0 Å². The Labute approximate surface area is 154 Å². The smallest absolute Gasteiger partial charge is 0.273 e. The minimum absolute atomic E-state index is 0.152. The van der Waals surface area contributed by atoms with Crippen molar-refractivity contribution < 1.29 is 27.7 Å². The highest BCUT2D eigenvalue weighted by Gasteiger charge is 2.13. The fourth-order valence-corrected chi connectivity index (χ4v) is 2.93. The van der Waals surface area contributed by atoms with Crippen LogP contribution in [0.25, 0.3) is 0 Å². The minimum Gasteiger partial charge on any atom is -0.492 e. The molecule has 2 aromatic carbocycles. The van der Waals surface area contributed by atoms with E-state index in [-0.39, 0.29) is 47.6 Å². The lowest BCUT2D eigenvalue weighted by molar-refractivity contribution is -0.385. The lowest BCUT2D eigenvalue weighted by Crippen LogP contribution is -2.21. The first-order valence-corrected chi connectivity index (χ1v) is 9.54. The van der Waals surface area contributed by atoms with E-state index >= 15 is 0 Å². The highest BCUT2D eigenvalue weighted by atomic mass is 32.2. The van der Waals surface area contributed by atoms with Crippen molar-refractivity contribution in [3.63, 3.8) is 0 Å². The zero-order valence-electron chi connectivity index (χ0n) is 14.0. The second kappa shape index (κ2) is 8.94. The van der Waals surface area contributed by atoms with E-state index in [0.717, 1.165) is 0 Å². The number of hydrogen-bond acceptors (Lipinski definition) is 8. The summed E-state index contributed by atoms with van der Waals surface area (Å²) in [6.45, 7) is -0.333. The van der Waals surface area contributed by atoms with Crippen molar-refractivity contribution in [3.05, 3.63) is 68.8 Å². The van der Waals surface area contributed by atoms with Gasteiger partial charge in [-0.2, -0.15) is 0 Å². The van der Waals surface area contributed by atoms with Gasteiger partial charge in [0.05, 0.1) is 33.5 Å². The molecule has 0 heterocycles. The molecular weight excluding hydrogens is 380 g/mol. The third kappa shape index (κ3) is 6.55. The molecule has 0 bridgehead atoms. The SMILES string of the molecule is O=[N+]([O-])c1cccc(OCCS(=O)(=O)CCOc2cccc([N+](=O)[O-])c2)c1. The molecule has 0 unspecified atom stereocenters. The molecule has 0 N–H and O–H groups in total. The third-order valence-corrected chi connectivity index (χ3v) is 4.96. The van der Waals surface area contributed by atoms with Gasteiger partial charge in [-0.3, -0.25) is 20.2 Å². The maximum atomic E-state index is 12.0. The molecule has 2 rings (SSSR count). The summed E-state index contributed by atoms with van der Waals surface area (Å²) >= 11 is 0. The largest absolute Gasteiger partial charge is 0.492 e. The van der Waals surface area contributed by atoms with E-state index in [0.29, 0.717) is 0 Å². The van der Waals surface area contributed by atoms with Gasteiger partial charge >= 0.3 is 0 Å². The highest BCUT2D eigenvalue weighted by Crippen LogP contribution is 2.20. The van der Waals surface area contributed by atoms with Crippen LogP contribution in [0, 0.1) is 20.2 Å². The standard InChI is InChI=1S/C16H16N2O8S/c19-17(20)13-3-1-5-15(11-13)25-7-9-27(23,24)10-8-26-16-6-2-4-14(12-16)18(21)22/h1-6,11-12H,7-10H2. The Bertz CT molecular complexity index is 860. The normalized spacial score (nSPS) is 11.0. The summed E-state index contributed by atoms with van der Waals surface area (Å²) in [5.74, 6) is -0.193. The van der Waals surface area contributed by atoms with Crippen LogP contribution in [0.2, 0.25) is 0 Å². The molecule has 0 amide bonds.